The smallest absolute Gasteiger partial charge is 0.341 e. The van der Waals surface area contributed by atoms with E-state index < -0.39 is 11.9 Å². The Bertz CT molecular complexity index is 757. The monoisotopic (exact) mass is 344 g/mol. The molecule has 2 aromatic rings. The third kappa shape index (κ3) is 4.63. The normalized spacial score (nSPS) is 11.1. The Morgan fingerprint density at radius 1 is 1.17 bits per heavy atom. The van der Waals surface area contributed by atoms with Crippen LogP contribution in [-0.2, 0) is 20.7 Å². The van der Waals surface area contributed by atoms with E-state index in [0.717, 1.165) is 5.56 Å². The van der Waals surface area contributed by atoms with Gasteiger partial charge in [0.05, 0.1) is 12.2 Å². The van der Waals surface area contributed by atoms with Crippen molar-refractivity contribution in [2.75, 3.05) is 6.61 Å². The van der Waals surface area contributed by atoms with E-state index in [-0.39, 0.29) is 29.9 Å². The first kappa shape index (κ1) is 17.6. The number of hydrogen-bond donors (Lipinski definition) is 1. The highest BCUT2D eigenvalue weighted by atomic mass is 32.1. The second-order valence-corrected chi connectivity index (χ2v) is 5.72. The van der Waals surface area contributed by atoms with Crippen molar-refractivity contribution in [2.45, 2.75) is 13.3 Å². The third-order valence-corrected chi connectivity index (χ3v) is 3.94. The number of Topliss-reactive ketones (excluding diaryl/α,β-unsaturated/α-hetero) is 1. The number of aromatic carboxylic acids is 1. The maximum Gasteiger partial charge on any atom is 0.341 e. The van der Waals surface area contributed by atoms with E-state index in [1.165, 1.54) is 29.5 Å². The van der Waals surface area contributed by atoms with Gasteiger partial charge in [-0.15, -0.1) is 0 Å². The Kier molecular flexibility index (Phi) is 6.03. The summed E-state index contributed by atoms with van der Waals surface area (Å²) < 4.78 is 4.96. The fourth-order valence-corrected chi connectivity index (χ4v) is 2.69. The van der Waals surface area contributed by atoms with Gasteiger partial charge in [0.15, 0.2) is 5.78 Å². The van der Waals surface area contributed by atoms with Crippen LogP contribution in [0.5, 0.6) is 0 Å². The lowest BCUT2D eigenvalue weighted by Crippen LogP contribution is -2.17. The first-order valence-electron chi connectivity index (χ1n) is 7.27. The van der Waals surface area contributed by atoms with Gasteiger partial charge >= 0.3 is 11.9 Å². The van der Waals surface area contributed by atoms with Crippen LogP contribution in [0.3, 0.4) is 0 Å². The van der Waals surface area contributed by atoms with E-state index in [0.29, 0.717) is 5.56 Å². The van der Waals surface area contributed by atoms with Crippen LogP contribution in [0, 0.1) is 0 Å². The molecule has 1 aromatic carbocycles. The summed E-state index contributed by atoms with van der Waals surface area (Å²) in [6.45, 7) is 1.83. The molecule has 0 bridgehead atoms. The fraction of sp³-hybridized carbons (Fsp3) is 0.167. The number of carboxylic acid groups (broad SMARTS) is 1. The maximum absolute atomic E-state index is 12.4. The van der Waals surface area contributed by atoms with Gasteiger partial charge in [0.25, 0.3) is 0 Å². The summed E-state index contributed by atoms with van der Waals surface area (Å²) in [6, 6.07) is 7.74. The average molecular weight is 344 g/mol. The van der Waals surface area contributed by atoms with E-state index in [1.54, 1.807) is 19.1 Å². The van der Waals surface area contributed by atoms with E-state index in [9.17, 15) is 14.4 Å². The second-order valence-electron chi connectivity index (χ2n) is 4.94. The zero-order valence-corrected chi connectivity index (χ0v) is 13.8. The van der Waals surface area contributed by atoms with Crippen LogP contribution in [0.1, 0.15) is 28.4 Å². The van der Waals surface area contributed by atoms with Crippen molar-refractivity contribution in [3.05, 3.63) is 63.4 Å². The number of esters is 1. The van der Waals surface area contributed by atoms with Crippen molar-refractivity contribution in [1.82, 2.24) is 0 Å². The summed E-state index contributed by atoms with van der Waals surface area (Å²) in [5.41, 5.74) is 1.48. The van der Waals surface area contributed by atoms with Crippen LogP contribution < -0.4 is 0 Å². The van der Waals surface area contributed by atoms with Gasteiger partial charge in [-0.1, -0.05) is 12.1 Å². The first-order chi connectivity index (χ1) is 11.5. The maximum atomic E-state index is 12.4. The van der Waals surface area contributed by atoms with Crippen LogP contribution in [0.25, 0.3) is 6.08 Å². The van der Waals surface area contributed by atoms with Crippen molar-refractivity contribution in [3.63, 3.8) is 0 Å². The Balaban J connectivity index is 2.28. The third-order valence-electron chi connectivity index (χ3n) is 3.21. The van der Waals surface area contributed by atoms with E-state index in [4.69, 9.17) is 9.84 Å². The molecule has 6 heteroatoms. The summed E-state index contributed by atoms with van der Waals surface area (Å²) in [5.74, 6) is -2.06. The van der Waals surface area contributed by atoms with Crippen molar-refractivity contribution < 1.29 is 24.2 Å². The van der Waals surface area contributed by atoms with Crippen molar-refractivity contribution in [1.29, 1.82) is 0 Å². The number of carbonyl (C=O) groups excluding carboxylic acids is 2. The summed E-state index contributed by atoms with van der Waals surface area (Å²) in [7, 11) is 0. The number of carbonyl (C=O) groups is 3. The van der Waals surface area contributed by atoms with Crippen LogP contribution in [0.2, 0.25) is 0 Å². The molecule has 5 nitrogen and oxygen atoms in total. The number of thiophene rings is 1. The SMILES string of the molecule is CCOC(=O)/C(=C/c1ccc(C(=O)O)cc1)C(=O)Cc1ccsc1. The van der Waals surface area contributed by atoms with Gasteiger partial charge < -0.3 is 9.84 Å². The zero-order valence-electron chi connectivity index (χ0n) is 13.0. The molecule has 0 aliphatic carbocycles. The summed E-state index contributed by atoms with van der Waals surface area (Å²) >= 11 is 1.48. The van der Waals surface area contributed by atoms with Gasteiger partial charge in [0.1, 0.15) is 5.57 Å². The molecule has 0 amide bonds. The van der Waals surface area contributed by atoms with Gasteiger partial charge in [0.2, 0.25) is 0 Å². The number of carboxylic acids is 1. The highest BCUT2D eigenvalue weighted by molar-refractivity contribution is 7.08. The lowest BCUT2D eigenvalue weighted by atomic mass is 10.0. The van der Waals surface area contributed by atoms with Crippen LogP contribution in [-0.4, -0.2) is 29.4 Å². The van der Waals surface area contributed by atoms with Gasteiger partial charge in [-0.2, -0.15) is 11.3 Å². The molecule has 0 saturated heterocycles. The molecule has 0 atom stereocenters. The number of ketones is 1. The molecule has 0 aliphatic rings. The standard InChI is InChI=1S/C18H16O5S/c1-2-23-18(22)15(16(19)10-13-7-8-24-11-13)9-12-3-5-14(6-4-12)17(20)21/h3-9,11H,2,10H2,1H3,(H,20,21)/b15-9+. The minimum absolute atomic E-state index is 0.0499. The predicted molar refractivity (Wildman–Crippen MR) is 91.0 cm³/mol. The van der Waals surface area contributed by atoms with Crippen molar-refractivity contribution in [3.8, 4) is 0 Å². The molecule has 2 rings (SSSR count). The summed E-state index contributed by atoms with van der Waals surface area (Å²) in [5, 5.41) is 12.6. The molecule has 0 fully saturated rings. The van der Waals surface area contributed by atoms with E-state index in [2.05, 4.69) is 0 Å². The van der Waals surface area contributed by atoms with Crippen molar-refractivity contribution >= 4 is 35.1 Å². The highest BCUT2D eigenvalue weighted by Crippen LogP contribution is 2.15. The molecule has 24 heavy (non-hydrogen) atoms. The number of benzene rings is 1. The Morgan fingerprint density at radius 2 is 1.88 bits per heavy atom. The van der Waals surface area contributed by atoms with Crippen LogP contribution in [0.4, 0.5) is 0 Å². The highest BCUT2D eigenvalue weighted by Gasteiger charge is 2.20. The topological polar surface area (TPSA) is 80.7 Å². The fourth-order valence-electron chi connectivity index (χ4n) is 2.02. The molecule has 0 spiro atoms. The van der Waals surface area contributed by atoms with Crippen LogP contribution in [0.15, 0.2) is 46.7 Å². The molecular weight excluding hydrogens is 328 g/mol. The first-order valence-corrected chi connectivity index (χ1v) is 8.22. The molecule has 1 aromatic heterocycles. The van der Waals surface area contributed by atoms with Crippen LogP contribution >= 0.6 is 11.3 Å². The Hall–Kier alpha value is -2.73. The molecule has 0 unspecified atom stereocenters. The molecule has 0 saturated carbocycles. The largest absolute Gasteiger partial charge is 0.478 e. The number of ether oxygens (including phenoxy) is 1. The predicted octanol–water partition coefficient (Wildman–Crippen LogP) is 3.20. The molecular formula is C18H16O5S. The summed E-state index contributed by atoms with van der Waals surface area (Å²) in [4.78, 5) is 35.4. The Labute approximate surface area is 143 Å². The zero-order chi connectivity index (χ0) is 17.5. The lowest BCUT2D eigenvalue weighted by molar-refractivity contribution is -0.139. The summed E-state index contributed by atoms with van der Waals surface area (Å²) in [6.07, 6.45) is 1.54. The molecule has 124 valence electrons. The lowest BCUT2D eigenvalue weighted by Gasteiger charge is -2.06. The molecule has 0 radical (unpaired) electrons. The van der Waals surface area contributed by atoms with Gasteiger partial charge in [-0.25, -0.2) is 9.59 Å². The molecule has 0 aliphatic heterocycles. The average Bonchev–Trinajstić information content (AvgIpc) is 3.06. The Morgan fingerprint density at radius 3 is 2.42 bits per heavy atom. The minimum Gasteiger partial charge on any atom is -0.478 e. The molecule has 1 N–H and O–H groups in total. The quantitative estimate of drug-likeness (QED) is 0.361. The van der Waals surface area contributed by atoms with Gasteiger partial charge in [0, 0.05) is 6.42 Å². The van der Waals surface area contributed by atoms with Gasteiger partial charge in [-0.05, 0) is 53.1 Å². The van der Waals surface area contributed by atoms with E-state index >= 15 is 0 Å². The van der Waals surface area contributed by atoms with E-state index in [1.807, 2.05) is 16.8 Å². The minimum atomic E-state index is -1.04. The number of hydrogen-bond acceptors (Lipinski definition) is 5. The molecule has 1 heterocycles. The van der Waals surface area contributed by atoms with Crippen molar-refractivity contribution in [2.24, 2.45) is 0 Å². The number of rotatable bonds is 7. The van der Waals surface area contributed by atoms with Gasteiger partial charge in [-0.3, -0.25) is 4.79 Å². The second kappa shape index (κ2) is 8.21.